The molecule has 0 aliphatic carbocycles. The second-order valence-corrected chi connectivity index (χ2v) is 15.6. The highest BCUT2D eigenvalue weighted by molar-refractivity contribution is 7.47. The van der Waals surface area contributed by atoms with Crippen LogP contribution in [0.25, 0.3) is 0 Å². The number of ether oxygens (including phenoxy) is 2. The molecule has 0 rings (SSSR count). The van der Waals surface area contributed by atoms with Crippen molar-refractivity contribution in [1.29, 1.82) is 0 Å². The van der Waals surface area contributed by atoms with E-state index in [1.165, 1.54) is 70.6 Å². The molecular formula is C44H80NO8P. The van der Waals surface area contributed by atoms with E-state index in [4.69, 9.17) is 18.5 Å². The van der Waals surface area contributed by atoms with Crippen LogP contribution in [0.3, 0.4) is 0 Å². The van der Waals surface area contributed by atoms with Gasteiger partial charge in [-0.25, -0.2) is 4.57 Å². The number of carbonyl (C=O) groups is 2. The first-order chi connectivity index (χ1) is 26.3. The Bertz CT molecular complexity index is 1030. The van der Waals surface area contributed by atoms with Gasteiger partial charge in [0.05, 0.1) is 13.2 Å². The summed E-state index contributed by atoms with van der Waals surface area (Å²) in [5.41, 5.74) is 0. The van der Waals surface area contributed by atoms with Gasteiger partial charge in [-0.1, -0.05) is 140 Å². The number of likely N-dealkylation sites (N-methyl/N-ethyl adjacent to an activating group) is 1. The van der Waals surface area contributed by atoms with E-state index in [2.05, 4.69) is 67.8 Å². The molecule has 9 nitrogen and oxygen atoms in total. The predicted molar refractivity (Wildman–Crippen MR) is 224 cm³/mol. The molecule has 0 spiro atoms. The summed E-state index contributed by atoms with van der Waals surface area (Å²) in [5, 5.41) is 2.82. The molecule has 2 atom stereocenters. The standard InChI is InChI=1S/C44H80NO8P/c1-4-6-8-10-12-14-16-18-20-21-23-24-26-28-30-32-34-36-43(46)50-40-42(41-52-54(48,49)51-39-38-45-3)53-44(47)37-35-33-31-29-27-25-22-19-17-15-13-11-9-7-5-2/h12,14,18-20,22-24,42,45H,4-11,13,15-17,21,25-41H2,1-3H3,(H,48,49)/b14-12-,20-18-,22-19-,24-23-. The van der Waals surface area contributed by atoms with Gasteiger partial charge in [0.2, 0.25) is 0 Å². The average molecular weight is 782 g/mol. The molecule has 2 unspecified atom stereocenters. The van der Waals surface area contributed by atoms with Gasteiger partial charge in [-0.3, -0.25) is 18.6 Å². The Morgan fingerprint density at radius 3 is 1.54 bits per heavy atom. The van der Waals surface area contributed by atoms with Gasteiger partial charge in [0.15, 0.2) is 6.10 Å². The molecule has 0 fully saturated rings. The largest absolute Gasteiger partial charge is 0.472 e. The second kappa shape index (κ2) is 40.6. The van der Waals surface area contributed by atoms with Crippen molar-refractivity contribution in [3.05, 3.63) is 48.6 Å². The maximum absolute atomic E-state index is 12.6. The summed E-state index contributed by atoms with van der Waals surface area (Å²) in [7, 11) is -2.66. The van der Waals surface area contributed by atoms with Gasteiger partial charge in [0.25, 0.3) is 0 Å². The number of rotatable bonds is 40. The van der Waals surface area contributed by atoms with Crippen LogP contribution < -0.4 is 5.32 Å². The minimum absolute atomic E-state index is 0.0236. The lowest BCUT2D eigenvalue weighted by Gasteiger charge is -2.20. The third-order valence-electron chi connectivity index (χ3n) is 8.92. The number of nitrogens with one attached hydrogen (secondary N) is 1. The first kappa shape index (κ1) is 52.0. The Labute approximate surface area is 330 Å². The van der Waals surface area contributed by atoms with Crippen LogP contribution in [0.15, 0.2) is 48.6 Å². The van der Waals surface area contributed by atoms with E-state index in [0.717, 1.165) is 70.6 Å². The van der Waals surface area contributed by atoms with Crippen molar-refractivity contribution in [2.24, 2.45) is 0 Å². The molecule has 0 aromatic carbocycles. The summed E-state index contributed by atoms with van der Waals surface area (Å²) in [4.78, 5) is 35.0. The molecule has 0 saturated heterocycles. The zero-order valence-electron chi connectivity index (χ0n) is 34.7. The van der Waals surface area contributed by atoms with Gasteiger partial charge in [-0.2, -0.15) is 0 Å². The molecule has 0 radical (unpaired) electrons. The Balaban J connectivity index is 4.29. The average Bonchev–Trinajstić information content (AvgIpc) is 3.15. The van der Waals surface area contributed by atoms with Crippen molar-refractivity contribution in [3.8, 4) is 0 Å². The lowest BCUT2D eigenvalue weighted by Crippen LogP contribution is -2.29. The normalized spacial score (nSPS) is 13.8. The first-order valence-corrected chi connectivity index (χ1v) is 23.1. The SMILES string of the molecule is CCCCC/C=C\C/C=C\C/C=C\CCCCCCC(=O)OCC(COP(=O)(O)OCCNC)OC(=O)CCCCCCC/C=C\CCCCCCCC. The molecule has 10 heteroatoms. The summed E-state index contributed by atoms with van der Waals surface area (Å²) in [5.74, 6) is -0.843. The molecule has 0 bridgehead atoms. The van der Waals surface area contributed by atoms with Gasteiger partial charge >= 0.3 is 19.8 Å². The summed E-state index contributed by atoms with van der Waals surface area (Å²) in [6.07, 6.45) is 44.3. The molecule has 0 aliphatic heterocycles. The molecule has 0 aromatic heterocycles. The summed E-state index contributed by atoms with van der Waals surface area (Å²) in [6.45, 7) is 4.15. The Kier molecular flexibility index (Phi) is 39.1. The minimum Gasteiger partial charge on any atom is -0.462 e. The van der Waals surface area contributed by atoms with Crippen LogP contribution in [0.2, 0.25) is 0 Å². The maximum Gasteiger partial charge on any atom is 0.472 e. The van der Waals surface area contributed by atoms with Gasteiger partial charge in [0, 0.05) is 19.4 Å². The smallest absolute Gasteiger partial charge is 0.462 e. The van der Waals surface area contributed by atoms with Crippen LogP contribution in [0, 0.1) is 0 Å². The Morgan fingerprint density at radius 1 is 0.574 bits per heavy atom. The lowest BCUT2D eigenvalue weighted by atomic mass is 10.1. The number of phosphoric acid groups is 1. The number of allylic oxidation sites excluding steroid dienone is 8. The zero-order valence-corrected chi connectivity index (χ0v) is 35.6. The molecule has 0 aliphatic rings. The number of hydrogen-bond acceptors (Lipinski definition) is 8. The van der Waals surface area contributed by atoms with E-state index in [-0.39, 0.29) is 26.1 Å². The van der Waals surface area contributed by atoms with Gasteiger partial charge < -0.3 is 19.7 Å². The molecule has 0 saturated carbocycles. The first-order valence-electron chi connectivity index (χ1n) is 21.6. The monoisotopic (exact) mass is 782 g/mol. The summed E-state index contributed by atoms with van der Waals surface area (Å²) in [6, 6.07) is 0. The van der Waals surface area contributed by atoms with Crippen molar-refractivity contribution in [1.82, 2.24) is 5.32 Å². The Hall–Kier alpha value is -2.03. The fraction of sp³-hybridized carbons (Fsp3) is 0.773. The fourth-order valence-corrected chi connectivity index (χ4v) is 6.36. The maximum atomic E-state index is 12.6. The highest BCUT2D eigenvalue weighted by Crippen LogP contribution is 2.43. The van der Waals surface area contributed by atoms with Crippen molar-refractivity contribution >= 4 is 19.8 Å². The molecule has 0 amide bonds. The van der Waals surface area contributed by atoms with Gasteiger partial charge in [-0.15, -0.1) is 0 Å². The summed E-state index contributed by atoms with van der Waals surface area (Å²) < 4.78 is 33.1. The highest BCUT2D eigenvalue weighted by atomic mass is 31.2. The zero-order chi connectivity index (χ0) is 39.6. The van der Waals surface area contributed by atoms with E-state index in [9.17, 15) is 19.0 Å². The molecule has 314 valence electrons. The van der Waals surface area contributed by atoms with Crippen LogP contribution in [0.4, 0.5) is 0 Å². The number of unbranched alkanes of at least 4 members (excludes halogenated alkanes) is 18. The lowest BCUT2D eigenvalue weighted by molar-refractivity contribution is -0.161. The van der Waals surface area contributed by atoms with Gasteiger partial charge in [-0.05, 0) is 84.1 Å². The summed E-state index contributed by atoms with van der Waals surface area (Å²) >= 11 is 0. The molecule has 54 heavy (non-hydrogen) atoms. The third kappa shape index (κ3) is 39.7. The molecule has 0 aromatic rings. The van der Waals surface area contributed by atoms with E-state index < -0.39 is 32.5 Å². The highest BCUT2D eigenvalue weighted by Gasteiger charge is 2.26. The van der Waals surface area contributed by atoms with E-state index >= 15 is 0 Å². The van der Waals surface area contributed by atoms with Crippen molar-refractivity contribution in [2.45, 2.75) is 187 Å². The van der Waals surface area contributed by atoms with Crippen LogP contribution in [-0.4, -0.2) is 56.3 Å². The fourth-order valence-electron chi connectivity index (χ4n) is 5.61. The third-order valence-corrected chi connectivity index (χ3v) is 9.91. The molecule has 2 N–H and O–H groups in total. The topological polar surface area (TPSA) is 120 Å². The van der Waals surface area contributed by atoms with E-state index in [0.29, 0.717) is 19.4 Å². The molecular weight excluding hydrogens is 701 g/mol. The number of hydrogen-bond donors (Lipinski definition) is 2. The number of phosphoric ester groups is 1. The number of carbonyl (C=O) groups excluding carboxylic acids is 2. The van der Waals surface area contributed by atoms with Crippen molar-refractivity contribution in [2.75, 3.05) is 33.4 Å². The van der Waals surface area contributed by atoms with Crippen LogP contribution >= 0.6 is 7.82 Å². The predicted octanol–water partition coefficient (Wildman–Crippen LogP) is 12.2. The van der Waals surface area contributed by atoms with Crippen molar-refractivity contribution in [3.63, 3.8) is 0 Å². The van der Waals surface area contributed by atoms with Crippen LogP contribution in [-0.2, 0) is 32.7 Å². The minimum atomic E-state index is -4.36. The van der Waals surface area contributed by atoms with Crippen LogP contribution in [0.1, 0.15) is 181 Å². The second-order valence-electron chi connectivity index (χ2n) is 14.2. The van der Waals surface area contributed by atoms with Gasteiger partial charge in [0.1, 0.15) is 6.61 Å². The van der Waals surface area contributed by atoms with E-state index in [1.807, 2.05) is 0 Å². The Morgan fingerprint density at radius 2 is 1.00 bits per heavy atom. The number of esters is 2. The molecule has 0 heterocycles. The van der Waals surface area contributed by atoms with Crippen LogP contribution in [0.5, 0.6) is 0 Å². The van der Waals surface area contributed by atoms with E-state index in [1.54, 1.807) is 7.05 Å². The quantitative estimate of drug-likeness (QED) is 0.0271. The van der Waals surface area contributed by atoms with Crippen molar-refractivity contribution < 1.29 is 37.6 Å².